The smallest absolute Gasteiger partial charge is 0.313 e. The van der Waals surface area contributed by atoms with Crippen molar-refractivity contribution in [3.63, 3.8) is 0 Å². The zero-order valence-corrected chi connectivity index (χ0v) is 8.84. The van der Waals surface area contributed by atoms with E-state index in [1.165, 1.54) is 12.8 Å². The number of fused-ring (bicyclic) bond motifs is 1. The van der Waals surface area contributed by atoms with Gasteiger partial charge in [-0.05, 0) is 32.7 Å². The first kappa shape index (κ1) is 9.97. The normalized spacial score (nSPS) is 36.5. The molecule has 0 bridgehead atoms. The maximum Gasteiger partial charge on any atom is 0.313 e. The average molecular weight is 197 g/mol. The lowest BCUT2D eigenvalue weighted by Gasteiger charge is -2.36. The van der Waals surface area contributed by atoms with Crippen LogP contribution in [0.3, 0.4) is 0 Å². The van der Waals surface area contributed by atoms with E-state index >= 15 is 0 Å². The first-order valence-corrected chi connectivity index (χ1v) is 5.70. The summed E-state index contributed by atoms with van der Waals surface area (Å²) in [6.07, 6.45) is 5.55. The van der Waals surface area contributed by atoms with Gasteiger partial charge >= 0.3 is 5.97 Å². The van der Waals surface area contributed by atoms with E-state index < -0.39 is 0 Å². The van der Waals surface area contributed by atoms with Crippen molar-refractivity contribution in [1.82, 2.24) is 5.32 Å². The molecule has 1 heterocycles. The first-order chi connectivity index (χ1) is 6.79. The fraction of sp³-hybridized carbons (Fsp3) is 0.909. The quantitative estimate of drug-likeness (QED) is 0.681. The Balaban J connectivity index is 2.13. The van der Waals surface area contributed by atoms with E-state index in [0.29, 0.717) is 12.6 Å². The molecule has 2 fully saturated rings. The SMILES string of the molecule is CCOC(=O)C12CCCCC1NCC2. The van der Waals surface area contributed by atoms with Crippen molar-refractivity contribution < 1.29 is 9.53 Å². The highest BCUT2D eigenvalue weighted by Gasteiger charge is 2.50. The summed E-state index contributed by atoms with van der Waals surface area (Å²) in [5.74, 6) is 0.0368. The number of nitrogens with one attached hydrogen (secondary N) is 1. The zero-order chi connectivity index (χ0) is 10.0. The second-order valence-corrected chi connectivity index (χ2v) is 4.38. The molecule has 2 rings (SSSR count). The molecule has 1 aliphatic heterocycles. The lowest BCUT2D eigenvalue weighted by Crippen LogP contribution is -2.46. The van der Waals surface area contributed by atoms with Gasteiger partial charge in [-0.15, -0.1) is 0 Å². The number of hydrogen-bond acceptors (Lipinski definition) is 3. The first-order valence-electron chi connectivity index (χ1n) is 5.70. The molecule has 2 unspecified atom stereocenters. The molecule has 80 valence electrons. The highest BCUT2D eigenvalue weighted by atomic mass is 16.5. The predicted molar refractivity (Wildman–Crippen MR) is 53.9 cm³/mol. The van der Waals surface area contributed by atoms with Crippen LogP contribution in [0.2, 0.25) is 0 Å². The molecule has 3 nitrogen and oxygen atoms in total. The van der Waals surface area contributed by atoms with Crippen LogP contribution >= 0.6 is 0 Å². The summed E-state index contributed by atoms with van der Waals surface area (Å²) < 4.78 is 5.21. The third-order valence-corrected chi connectivity index (χ3v) is 3.68. The van der Waals surface area contributed by atoms with Gasteiger partial charge in [0, 0.05) is 6.04 Å². The number of esters is 1. The van der Waals surface area contributed by atoms with Crippen LogP contribution in [0.15, 0.2) is 0 Å². The summed E-state index contributed by atoms with van der Waals surface area (Å²) in [4.78, 5) is 11.9. The van der Waals surface area contributed by atoms with Crippen LogP contribution in [0.5, 0.6) is 0 Å². The molecule has 1 aliphatic carbocycles. The Morgan fingerprint density at radius 3 is 3.14 bits per heavy atom. The Hall–Kier alpha value is -0.570. The van der Waals surface area contributed by atoms with E-state index in [2.05, 4.69) is 5.32 Å². The van der Waals surface area contributed by atoms with Crippen molar-refractivity contribution in [3.8, 4) is 0 Å². The Kier molecular flexibility index (Phi) is 2.77. The number of ether oxygens (including phenoxy) is 1. The fourth-order valence-electron chi connectivity index (χ4n) is 2.93. The van der Waals surface area contributed by atoms with Crippen molar-refractivity contribution in [2.75, 3.05) is 13.2 Å². The van der Waals surface area contributed by atoms with E-state index in [0.717, 1.165) is 25.8 Å². The van der Waals surface area contributed by atoms with Crippen LogP contribution < -0.4 is 5.32 Å². The summed E-state index contributed by atoms with van der Waals surface area (Å²) >= 11 is 0. The summed E-state index contributed by atoms with van der Waals surface area (Å²) in [5, 5.41) is 3.44. The maximum atomic E-state index is 11.9. The molecular weight excluding hydrogens is 178 g/mol. The van der Waals surface area contributed by atoms with Gasteiger partial charge in [0.1, 0.15) is 0 Å². The number of carbonyl (C=O) groups excluding carboxylic acids is 1. The molecule has 2 atom stereocenters. The van der Waals surface area contributed by atoms with E-state index in [1.54, 1.807) is 0 Å². The molecule has 0 aromatic rings. The van der Waals surface area contributed by atoms with Crippen molar-refractivity contribution in [2.45, 2.75) is 45.1 Å². The minimum absolute atomic E-state index is 0.0368. The standard InChI is InChI=1S/C11H19NO2/c1-2-14-10(13)11-6-4-3-5-9(11)12-8-7-11/h9,12H,2-8H2,1H3. The highest BCUT2D eigenvalue weighted by Crippen LogP contribution is 2.43. The van der Waals surface area contributed by atoms with Crippen molar-refractivity contribution in [1.29, 1.82) is 0 Å². The van der Waals surface area contributed by atoms with Gasteiger partial charge in [-0.25, -0.2) is 0 Å². The zero-order valence-electron chi connectivity index (χ0n) is 8.84. The van der Waals surface area contributed by atoms with Gasteiger partial charge in [-0.1, -0.05) is 12.8 Å². The number of rotatable bonds is 2. The van der Waals surface area contributed by atoms with Crippen molar-refractivity contribution in [3.05, 3.63) is 0 Å². The van der Waals surface area contributed by atoms with E-state index in [4.69, 9.17) is 4.74 Å². The van der Waals surface area contributed by atoms with Gasteiger partial charge < -0.3 is 10.1 Å². The number of hydrogen-bond donors (Lipinski definition) is 1. The second kappa shape index (κ2) is 3.89. The van der Waals surface area contributed by atoms with Gasteiger partial charge in [0.05, 0.1) is 12.0 Å². The Bertz CT molecular complexity index is 229. The topological polar surface area (TPSA) is 38.3 Å². The third-order valence-electron chi connectivity index (χ3n) is 3.68. The van der Waals surface area contributed by atoms with Gasteiger partial charge in [-0.2, -0.15) is 0 Å². The summed E-state index contributed by atoms with van der Waals surface area (Å²) in [7, 11) is 0. The summed E-state index contributed by atoms with van der Waals surface area (Å²) in [6.45, 7) is 3.37. The third kappa shape index (κ3) is 1.44. The summed E-state index contributed by atoms with van der Waals surface area (Å²) in [6, 6.07) is 0.385. The minimum Gasteiger partial charge on any atom is -0.466 e. The second-order valence-electron chi connectivity index (χ2n) is 4.38. The van der Waals surface area contributed by atoms with Crippen molar-refractivity contribution >= 4 is 5.97 Å². The molecule has 0 aromatic carbocycles. The van der Waals surface area contributed by atoms with Gasteiger partial charge in [0.2, 0.25) is 0 Å². The molecule has 0 amide bonds. The molecule has 14 heavy (non-hydrogen) atoms. The molecule has 0 radical (unpaired) electrons. The Labute approximate surface area is 85.2 Å². The van der Waals surface area contributed by atoms with Gasteiger partial charge in [0.15, 0.2) is 0 Å². The molecule has 2 aliphatic rings. The van der Waals surface area contributed by atoms with Gasteiger partial charge in [-0.3, -0.25) is 4.79 Å². The molecule has 1 saturated heterocycles. The Morgan fingerprint density at radius 1 is 1.50 bits per heavy atom. The lowest BCUT2D eigenvalue weighted by molar-refractivity contribution is -0.157. The molecule has 1 saturated carbocycles. The van der Waals surface area contributed by atoms with Crippen molar-refractivity contribution in [2.24, 2.45) is 5.41 Å². The van der Waals surface area contributed by atoms with Crippen LogP contribution in [0.25, 0.3) is 0 Å². The monoisotopic (exact) mass is 197 g/mol. The van der Waals surface area contributed by atoms with E-state index in [1.807, 2.05) is 6.92 Å². The van der Waals surface area contributed by atoms with Crippen LogP contribution in [0.4, 0.5) is 0 Å². The maximum absolute atomic E-state index is 11.9. The van der Waals surface area contributed by atoms with E-state index in [9.17, 15) is 4.79 Å². The molecule has 0 spiro atoms. The van der Waals surface area contributed by atoms with Crippen LogP contribution in [-0.2, 0) is 9.53 Å². The fourth-order valence-corrected chi connectivity index (χ4v) is 2.93. The predicted octanol–water partition coefficient (Wildman–Crippen LogP) is 1.47. The number of carbonyl (C=O) groups is 1. The molecule has 1 N–H and O–H groups in total. The van der Waals surface area contributed by atoms with E-state index in [-0.39, 0.29) is 11.4 Å². The molecule has 3 heteroatoms. The van der Waals surface area contributed by atoms with Crippen LogP contribution in [-0.4, -0.2) is 25.2 Å². The molecule has 0 aromatic heterocycles. The largest absolute Gasteiger partial charge is 0.466 e. The van der Waals surface area contributed by atoms with Crippen LogP contribution in [0.1, 0.15) is 39.0 Å². The highest BCUT2D eigenvalue weighted by molar-refractivity contribution is 5.78. The van der Waals surface area contributed by atoms with Crippen LogP contribution in [0, 0.1) is 5.41 Å². The average Bonchev–Trinajstić information content (AvgIpc) is 2.62. The summed E-state index contributed by atoms with van der Waals surface area (Å²) in [5.41, 5.74) is -0.172. The molecular formula is C11H19NO2. The Morgan fingerprint density at radius 2 is 2.36 bits per heavy atom. The van der Waals surface area contributed by atoms with Gasteiger partial charge in [0.25, 0.3) is 0 Å². The lowest BCUT2D eigenvalue weighted by atomic mass is 9.70. The minimum atomic E-state index is -0.172.